The molecule has 0 radical (unpaired) electrons. The van der Waals surface area contributed by atoms with Crippen molar-refractivity contribution in [2.75, 3.05) is 32.8 Å². The summed E-state index contributed by atoms with van der Waals surface area (Å²) in [4.78, 5) is 21.2. The van der Waals surface area contributed by atoms with Crippen LogP contribution >= 0.6 is 0 Å². The lowest BCUT2D eigenvalue weighted by atomic mass is 9.93. The van der Waals surface area contributed by atoms with Gasteiger partial charge in [0.05, 0.1) is 31.4 Å². The molecular formula is C27H31NO6-2. The molecule has 7 nitrogen and oxygen atoms in total. The Morgan fingerprint density at radius 3 is 2.24 bits per heavy atom. The zero-order valence-corrected chi connectivity index (χ0v) is 19.6. The number of carbonyl (C=O) groups is 2. The molecule has 0 amide bonds. The number of nitrogens with zero attached hydrogens (tertiary/aromatic N) is 1. The number of hydrogen-bond acceptors (Lipinski definition) is 7. The third-order valence-corrected chi connectivity index (χ3v) is 5.39. The highest BCUT2D eigenvalue weighted by atomic mass is 16.5. The van der Waals surface area contributed by atoms with Crippen LogP contribution in [0.3, 0.4) is 0 Å². The minimum atomic E-state index is -1.55. The lowest BCUT2D eigenvalue weighted by Crippen LogP contribution is -2.27. The second-order valence-electron chi connectivity index (χ2n) is 7.66. The summed E-state index contributed by atoms with van der Waals surface area (Å²) in [5, 5.41) is 21.4. The smallest absolute Gasteiger partial charge is 0.104 e. The summed E-state index contributed by atoms with van der Waals surface area (Å²) in [5.74, 6) is -1.79. The Hall–Kier alpha value is -3.42. The van der Waals surface area contributed by atoms with Gasteiger partial charge in [-0.1, -0.05) is 56.3 Å². The number of aliphatic carboxylic acids is 2. The molecule has 0 aliphatic heterocycles. The van der Waals surface area contributed by atoms with Crippen LogP contribution in [0.2, 0.25) is 0 Å². The van der Waals surface area contributed by atoms with Crippen molar-refractivity contribution >= 4 is 22.7 Å². The summed E-state index contributed by atoms with van der Waals surface area (Å²) in [6, 6.07) is 19.2. The fourth-order valence-electron chi connectivity index (χ4n) is 3.50. The number of fused-ring (bicyclic) bond motifs is 1. The van der Waals surface area contributed by atoms with Crippen molar-refractivity contribution in [2.24, 2.45) is 0 Å². The maximum Gasteiger partial charge on any atom is 0.104 e. The van der Waals surface area contributed by atoms with Crippen LogP contribution in [0.15, 0.2) is 77.4 Å². The van der Waals surface area contributed by atoms with Crippen LogP contribution in [0.5, 0.6) is 0 Å². The fourth-order valence-corrected chi connectivity index (χ4v) is 3.50. The monoisotopic (exact) mass is 465 g/mol. The number of carbonyl (C=O) groups excluding carboxylic acids is 2. The Morgan fingerprint density at radius 1 is 0.971 bits per heavy atom. The van der Waals surface area contributed by atoms with Crippen molar-refractivity contribution < 1.29 is 29.0 Å². The third-order valence-electron chi connectivity index (χ3n) is 5.39. The lowest BCUT2D eigenvalue weighted by molar-refractivity contribution is -0.301. The second-order valence-corrected chi connectivity index (χ2v) is 7.66. The van der Waals surface area contributed by atoms with E-state index in [-0.39, 0.29) is 0 Å². The highest BCUT2D eigenvalue weighted by molar-refractivity contribution is 5.87. The highest BCUT2D eigenvalue weighted by Gasteiger charge is 2.15. The largest absolute Gasteiger partial charge is 0.545 e. The maximum absolute atomic E-state index is 9.41. The molecular weight excluding hydrogens is 434 g/mol. The normalized spacial score (nSPS) is 12.0. The van der Waals surface area contributed by atoms with Gasteiger partial charge in [0, 0.05) is 18.9 Å². The first-order valence-electron chi connectivity index (χ1n) is 11.3. The Kier molecular flexibility index (Phi) is 11.6. The number of likely N-dealkylation sites (N-methyl/N-ethyl adjacent to an activating group) is 1. The summed E-state index contributed by atoms with van der Waals surface area (Å²) in [6.45, 7) is 8.99. The Labute approximate surface area is 200 Å². The van der Waals surface area contributed by atoms with Crippen LogP contribution in [0.1, 0.15) is 31.1 Å². The van der Waals surface area contributed by atoms with Crippen molar-refractivity contribution in [3.8, 4) is 0 Å². The zero-order chi connectivity index (χ0) is 24.8. The van der Waals surface area contributed by atoms with Crippen molar-refractivity contribution in [1.82, 2.24) is 4.90 Å². The van der Waals surface area contributed by atoms with E-state index in [0.29, 0.717) is 24.7 Å². The van der Waals surface area contributed by atoms with E-state index in [2.05, 4.69) is 61.2 Å². The molecule has 1 heterocycles. The fraction of sp³-hybridized carbons (Fsp3) is 0.333. The average Bonchev–Trinajstić information content (AvgIpc) is 3.35. The molecule has 3 aromatic rings. The molecule has 0 bridgehead atoms. The SMILES string of the molecule is CCN(CC)CCOCC(Cc1ccco1)c1ccc2ccccc2c1.O=C([O-])C=CC(=O)[O-]. The minimum absolute atomic E-state index is 0.294. The van der Waals surface area contributed by atoms with Gasteiger partial charge >= 0.3 is 0 Å². The molecule has 0 N–H and O–H groups in total. The van der Waals surface area contributed by atoms with Gasteiger partial charge in [0.1, 0.15) is 5.76 Å². The Bertz CT molecular complexity index is 1020. The van der Waals surface area contributed by atoms with Crippen molar-refractivity contribution in [1.29, 1.82) is 0 Å². The summed E-state index contributed by atoms with van der Waals surface area (Å²) in [7, 11) is 0. The van der Waals surface area contributed by atoms with Gasteiger partial charge in [-0.2, -0.15) is 0 Å². The van der Waals surface area contributed by atoms with Crippen LogP contribution in [-0.4, -0.2) is 49.7 Å². The van der Waals surface area contributed by atoms with E-state index in [1.54, 1.807) is 6.26 Å². The number of benzene rings is 2. The van der Waals surface area contributed by atoms with Crippen LogP contribution in [0.25, 0.3) is 10.8 Å². The minimum Gasteiger partial charge on any atom is -0.545 e. The molecule has 7 heteroatoms. The molecule has 182 valence electrons. The first-order chi connectivity index (χ1) is 16.4. The Balaban J connectivity index is 0.000000440. The average molecular weight is 466 g/mol. The molecule has 0 spiro atoms. The van der Waals surface area contributed by atoms with Gasteiger partial charge in [0.25, 0.3) is 0 Å². The molecule has 0 aliphatic rings. The summed E-state index contributed by atoms with van der Waals surface area (Å²) >= 11 is 0. The predicted molar refractivity (Wildman–Crippen MR) is 127 cm³/mol. The first-order valence-corrected chi connectivity index (χ1v) is 11.3. The topological polar surface area (TPSA) is 106 Å². The zero-order valence-electron chi connectivity index (χ0n) is 19.6. The second kappa shape index (κ2) is 14.7. The number of carboxylic acids is 2. The number of ether oxygens (including phenoxy) is 1. The molecule has 0 saturated carbocycles. The maximum atomic E-state index is 9.41. The van der Waals surface area contributed by atoms with E-state index in [1.807, 2.05) is 12.1 Å². The standard InChI is InChI=1S/C23H29NO2.C4H4O4/c1-3-24(4-2)13-15-25-18-22(17-23-10-7-14-26-23)21-12-11-19-8-5-6-9-20(19)16-21;5-3(6)1-2-4(7)8/h5-12,14,16,22H,3-4,13,15,17-18H2,1-2H3;1-2H,(H,5,6)(H,7,8)/p-2. The van der Waals surface area contributed by atoms with Gasteiger partial charge in [-0.05, 0) is 53.7 Å². The van der Waals surface area contributed by atoms with Crippen molar-refractivity contribution in [3.05, 3.63) is 84.3 Å². The van der Waals surface area contributed by atoms with E-state index in [9.17, 15) is 19.8 Å². The molecule has 2 aromatic carbocycles. The third kappa shape index (κ3) is 9.60. The van der Waals surface area contributed by atoms with Crippen LogP contribution < -0.4 is 10.2 Å². The van der Waals surface area contributed by atoms with E-state index in [1.165, 1.54) is 16.3 Å². The van der Waals surface area contributed by atoms with E-state index in [4.69, 9.17) is 9.15 Å². The number of hydrogen-bond donors (Lipinski definition) is 0. The molecule has 0 fully saturated rings. The number of rotatable bonds is 12. The summed E-state index contributed by atoms with van der Waals surface area (Å²) < 4.78 is 11.7. The number of carboxylic acid groups (broad SMARTS) is 2. The van der Waals surface area contributed by atoms with Crippen molar-refractivity contribution in [2.45, 2.75) is 26.2 Å². The van der Waals surface area contributed by atoms with E-state index in [0.717, 1.165) is 38.4 Å². The van der Waals surface area contributed by atoms with E-state index >= 15 is 0 Å². The predicted octanol–water partition coefficient (Wildman–Crippen LogP) is 2.16. The highest BCUT2D eigenvalue weighted by Crippen LogP contribution is 2.25. The summed E-state index contributed by atoms with van der Waals surface area (Å²) in [5.41, 5.74) is 1.31. The van der Waals surface area contributed by atoms with Gasteiger partial charge < -0.3 is 33.9 Å². The molecule has 3 rings (SSSR count). The van der Waals surface area contributed by atoms with Gasteiger partial charge in [-0.25, -0.2) is 0 Å². The molecule has 0 aliphatic carbocycles. The molecule has 1 atom stereocenters. The van der Waals surface area contributed by atoms with Gasteiger partial charge in [-0.3, -0.25) is 0 Å². The molecule has 1 unspecified atom stereocenters. The lowest BCUT2D eigenvalue weighted by Gasteiger charge is -2.20. The molecule has 0 saturated heterocycles. The molecule has 1 aromatic heterocycles. The van der Waals surface area contributed by atoms with Crippen LogP contribution in [0, 0.1) is 0 Å². The van der Waals surface area contributed by atoms with Gasteiger partial charge in [0.15, 0.2) is 0 Å². The quantitative estimate of drug-likeness (QED) is 0.298. The first kappa shape index (κ1) is 26.8. The summed E-state index contributed by atoms with van der Waals surface area (Å²) in [6.07, 6.45) is 3.37. The van der Waals surface area contributed by atoms with Crippen LogP contribution in [-0.2, 0) is 20.7 Å². The van der Waals surface area contributed by atoms with Crippen LogP contribution in [0.4, 0.5) is 0 Å². The van der Waals surface area contributed by atoms with Crippen molar-refractivity contribution in [3.63, 3.8) is 0 Å². The van der Waals surface area contributed by atoms with Gasteiger partial charge in [-0.15, -0.1) is 0 Å². The van der Waals surface area contributed by atoms with E-state index < -0.39 is 11.9 Å². The Morgan fingerprint density at radius 2 is 1.65 bits per heavy atom. The molecule has 34 heavy (non-hydrogen) atoms. The number of furan rings is 1. The van der Waals surface area contributed by atoms with Gasteiger partial charge in [0.2, 0.25) is 0 Å².